The zero-order chi connectivity index (χ0) is 18.8. The first-order chi connectivity index (χ1) is 12.9. The Morgan fingerprint density at radius 2 is 2.00 bits per heavy atom. The van der Waals surface area contributed by atoms with E-state index in [-0.39, 0.29) is 16.9 Å². The Bertz CT molecular complexity index is 703. The first kappa shape index (κ1) is 18.1. The van der Waals surface area contributed by atoms with Gasteiger partial charge in [0.15, 0.2) is 0 Å². The van der Waals surface area contributed by atoms with Gasteiger partial charge in [0.25, 0.3) is 0 Å². The number of carbonyl (C=O) groups excluding carboxylic acids is 1. The molecule has 0 amide bonds. The molecule has 0 aromatic carbocycles. The van der Waals surface area contributed by atoms with Crippen LogP contribution in [0.2, 0.25) is 0 Å². The number of nitrogens with one attached hydrogen (secondary N) is 1. The highest BCUT2D eigenvalue weighted by molar-refractivity contribution is 5.82. The molecule has 7 atom stereocenters. The van der Waals surface area contributed by atoms with E-state index in [1.54, 1.807) is 5.57 Å². The summed E-state index contributed by atoms with van der Waals surface area (Å²) in [6, 6.07) is 0. The van der Waals surface area contributed by atoms with Gasteiger partial charge < -0.3 is 10.4 Å². The number of hydrogen-bond donors (Lipinski definition) is 2. The maximum absolute atomic E-state index is 12.0. The van der Waals surface area contributed by atoms with Crippen molar-refractivity contribution in [2.24, 2.45) is 34.5 Å². The number of Topliss-reactive ketones (excluding diaryl/α,β-unsaturated/α-hetero) is 1. The third kappa shape index (κ3) is 2.57. The van der Waals surface area contributed by atoms with Crippen molar-refractivity contribution in [2.75, 3.05) is 13.1 Å². The lowest BCUT2D eigenvalue weighted by molar-refractivity contribution is -0.123. The zero-order valence-corrected chi connectivity index (χ0v) is 17.0. The lowest BCUT2D eigenvalue weighted by Crippen LogP contribution is -2.54. The zero-order valence-electron chi connectivity index (χ0n) is 17.0. The predicted molar refractivity (Wildman–Crippen MR) is 107 cm³/mol. The van der Waals surface area contributed by atoms with E-state index in [1.165, 1.54) is 31.3 Å². The topological polar surface area (TPSA) is 49.3 Å². The van der Waals surface area contributed by atoms with E-state index in [0.29, 0.717) is 35.9 Å². The molecule has 5 rings (SSSR count). The Morgan fingerprint density at radius 3 is 2.78 bits per heavy atom. The molecular weight excluding hydrogens is 334 g/mol. The molecule has 2 N–H and O–H groups in total. The molecule has 1 saturated heterocycles. The Morgan fingerprint density at radius 1 is 1.15 bits per heavy atom. The molecule has 0 bridgehead atoms. The summed E-state index contributed by atoms with van der Waals surface area (Å²) in [5.74, 6) is 2.52. The summed E-state index contributed by atoms with van der Waals surface area (Å²) in [5.41, 5.74) is 3.34. The molecular formula is C24H35NO2. The molecule has 4 aliphatic carbocycles. The van der Waals surface area contributed by atoms with Gasteiger partial charge in [0.2, 0.25) is 0 Å². The number of carbonyl (C=O) groups is 1. The fourth-order valence-electron chi connectivity index (χ4n) is 7.82. The first-order valence-corrected chi connectivity index (χ1v) is 11.3. The maximum Gasteiger partial charge on any atom is 0.136 e. The van der Waals surface area contributed by atoms with Gasteiger partial charge in [-0.15, -0.1) is 0 Å². The van der Waals surface area contributed by atoms with Crippen molar-refractivity contribution in [1.82, 2.24) is 5.32 Å². The Kier molecular flexibility index (Phi) is 4.22. The molecule has 0 radical (unpaired) electrons. The number of fused-ring (bicyclic) bond motifs is 5. The van der Waals surface area contributed by atoms with E-state index in [1.807, 2.05) is 0 Å². The summed E-state index contributed by atoms with van der Waals surface area (Å²) in [5, 5.41) is 14.8. The number of aliphatic hydroxyl groups excluding tert-OH is 1. The fourth-order valence-corrected chi connectivity index (χ4v) is 7.82. The molecule has 5 aliphatic rings. The average Bonchev–Trinajstić information content (AvgIpc) is 3.01. The SMILES string of the molecule is C[C@]12CCC(=O)CC1=C[C@@H](O)[C@@H]1[C@@H]2CC[C@]2(C)C(C3CCCNC3)=CC[C@@H]12. The van der Waals surface area contributed by atoms with Gasteiger partial charge in [-0.1, -0.05) is 37.1 Å². The molecule has 0 aromatic heterocycles. The normalized spacial score (nSPS) is 49.6. The van der Waals surface area contributed by atoms with Crippen molar-refractivity contribution in [2.45, 2.75) is 71.3 Å². The highest BCUT2D eigenvalue weighted by Gasteiger charge is 2.59. The van der Waals surface area contributed by atoms with Crippen LogP contribution in [0.25, 0.3) is 0 Å². The Labute approximate surface area is 163 Å². The highest BCUT2D eigenvalue weighted by atomic mass is 16.3. The van der Waals surface area contributed by atoms with Crippen molar-refractivity contribution in [3.05, 3.63) is 23.3 Å². The molecule has 1 aliphatic heterocycles. The molecule has 0 spiro atoms. The van der Waals surface area contributed by atoms with Gasteiger partial charge in [0.1, 0.15) is 5.78 Å². The third-order valence-electron chi connectivity index (χ3n) is 9.34. The highest BCUT2D eigenvalue weighted by Crippen LogP contribution is 2.65. The van der Waals surface area contributed by atoms with E-state index in [0.717, 1.165) is 32.4 Å². The van der Waals surface area contributed by atoms with E-state index in [4.69, 9.17) is 0 Å². The van der Waals surface area contributed by atoms with Crippen LogP contribution >= 0.6 is 0 Å². The minimum absolute atomic E-state index is 0.133. The van der Waals surface area contributed by atoms with Gasteiger partial charge in [-0.25, -0.2) is 0 Å². The predicted octanol–water partition coefficient (Wildman–Crippen LogP) is 4.03. The lowest BCUT2D eigenvalue weighted by atomic mass is 9.46. The van der Waals surface area contributed by atoms with E-state index < -0.39 is 0 Å². The second-order valence-electron chi connectivity index (χ2n) is 10.5. The van der Waals surface area contributed by atoms with Gasteiger partial charge in [-0.2, -0.15) is 0 Å². The quantitative estimate of drug-likeness (QED) is 0.686. The average molecular weight is 370 g/mol. The van der Waals surface area contributed by atoms with Gasteiger partial charge in [-0.3, -0.25) is 4.79 Å². The number of hydrogen-bond acceptors (Lipinski definition) is 3. The molecule has 1 heterocycles. The molecule has 3 heteroatoms. The van der Waals surface area contributed by atoms with Crippen molar-refractivity contribution >= 4 is 5.78 Å². The van der Waals surface area contributed by atoms with Gasteiger partial charge in [0.05, 0.1) is 6.10 Å². The number of piperidine rings is 1. The monoisotopic (exact) mass is 369 g/mol. The van der Waals surface area contributed by atoms with Crippen LogP contribution < -0.4 is 5.32 Å². The smallest absolute Gasteiger partial charge is 0.136 e. The van der Waals surface area contributed by atoms with E-state index >= 15 is 0 Å². The van der Waals surface area contributed by atoms with Crippen LogP contribution in [-0.2, 0) is 4.79 Å². The molecule has 3 fully saturated rings. The van der Waals surface area contributed by atoms with E-state index in [2.05, 4.69) is 31.3 Å². The molecule has 3 nitrogen and oxygen atoms in total. The first-order valence-electron chi connectivity index (χ1n) is 11.3. The number of rotatable bonds is 1. The van der Waals surface area contributed by atoms with Gasteiger partial charge in [-0.05, 0) is 79.6 Å². The summed E-state index contributed by atoms with van der Waals surface area (Å²) in [6.45, 7) is 7.19. The van der Waals surface area contributed by atoms with Crippen LogP contribution in [-0.4, -0.2) is 30.1 Å². The van der Waals surface area contributed by atoms with Crippen molar-refractivity contribution in [1.29, 1.82) is 0 Å². The van der Waals surface area contributed by atoms with Crippen LogP contribution in [0.15, 0.2) is 23.3 Å². The summed E-state index contributed by atoms with van der Waals surface area (Å²) >= 11 is 0. The van der Waals surface area contributed by atoms with Crippen LogP contribution in [0, 0.1) is 34.5 Å². The van der Waals surface area contributed by atoms with Crippen LogP contribution in [0.1, 0.15) is 65.2 Å². The minimum atomic E-state index is -0.370. The molecule has 27 heavy (non-hydrogen) atoms. The van der Waals surface area contributed by atoms with Gasteiger partial charge in [0, 0.05) is 19.4 Å². The Balaban J connectivity index is 1.47. The molecule has 148 valence electrons. The summed E-state index contributed by atoms with van der Waals surface area (Å²) in [7, 11) is 0. The second-order valence-corrected chi connectivity index (χ2v) is 10.5. The number of ketones is 1. The summed E-state index contributed by atoms with van der Waals surface area (Å²) in [4.78, 5) is 12.0. The summed E-state index contributed by atoms with van der Waals surface area (Å²) in [6.07, 6.45) is 12.8. The van der Waals surface area contributed by atoms with Crippen molar-refractivity contribution in [3.63, 3.8) is 0 Å². The second kappa shape index (κ2) is 6.29. The van der Waals surface area contributed by atoms with Crippen molar-refractivity contribution < 1.29 is 9.90 Å². The van der Waals surface area contributed by atoms with Crippen LogP contribution in [0.3, 0.4) is 0 Å². The number of aliphatic hydroxyl groups is 1. The summed E-state index contributed by atoms with van der Waals surface area (Å²) < 4.78 is 0. The minimum Gasteiger partial charge on any atom is -0.389 e. The largest absolute Gasteiger partial charge is 0.389 e. The fraction of sp³-hybridized carbons (Fsp3) is 0.792. The van der Waals surface area contributed by atoms with E-state index in [9.17, 15) is 9.90 Å². The molecule has 0 aromatic rings. The van der Waals surface area contributed by atoms with Crippen molar-refractivity contribution in [3.8, 4) is 0 Å². The lowest BCUT2D eigenvalue weighted by Gasteiger charge is -2.58. The standard InChI is InChI=1S/C24H35NO2/c1-23-9-7-17(26)12-16(23)13-21(27)22-19-6-5-18(15-4-3-11-25-14-15)24(19,2)10-8-20(22)23/h5,13,15,19-22,25,27H,3-4,6-12,14H2,1-2H3/t15?,19-,20-,21+,22-,23-,24+/m0/s1. The third-order valence-corrected chi connectivity index (χ3v) is 9.34. The maximum atomic E-state index is 12.0. The Hall–Kier alpha value is -0.930. The number of allylic oxidation sites excluding steroid dienone is 2. The van der Waals surface area contributed by atoms with Gasteiger partial charge >= 0.3 is 0 Å². The molecule has 1 unspecified atom stereocenters. The molecule has 2 saturated carbocycles. The van der Waals surface area contributed by atoms with Crippen LogP contribution in [0.4, 0.5) is 0 Å². The van der Waals surface area contributed by atoms with Crippen LogP contribution in [0.5, 0.6) is 0 Å².